The molecular weight excluding hydrogens is 284 g/mol. The maximum atomic E-state index is 11.7. The van der Waals surface area contributed by atoms with E-state index in [-0.39, 0.29) is 17.9 Å². The van der Waals surface area contributed by atoms with Gasteiger partial charge in [0.05, 0.1) is 18.6 Å². The molecule has 0 radical (unpaired) electrons. The summed E-state index contributed by atoms with van der Waals surface area (Å²) in [5.41, 5.74) is 8.79. The lowest BCUT2D eigenvalue weighted by atomic mass is 9.97. The minimum Gasteiger partial charge on any atom is -0.383 e. The molecule has 0 saturated carbocycles. The van der Waals surface area contributed by atoms with Crippen LogP contribution in [0.15, 0.2) is 16.6 Å². The van der Waals surface area contributed by atoms with E-state index in [9.17, 15) is 4.79 Å². The largest absolute Gasteiger partial charge is 0.383 e. The highest BCUT2D eigenvalue weighted by atomic mass is 79.9. The summed E-state index contributed by atoms with van der Waals surface area (Å²) in [6.07, 6.45) is 0. The zero-order chi connectivity index (χ0) is 12.6. The number of hydrogen-bond acceptors (Lipinski definition) is 3. The van der Waals surface area contributed by atoms with E-state index >= 15 is 0 Å². The molecule has 1 aromatic rings. The topological polar surface area (TPSA) is 64.3 Å². The van der Waals surface area contributed by atoms with Crippen LogP contribution in [0.5, 0.6) is 0 Å². The number of carbonyl (C=O) groups is 1. The van der Waals surface area contributed by atoms with Crippen molar-refractivity contribution >= 4 is 27.5 Å². The molecule has 0 bridgehead atoms. The van der Waals surface area contributed by atoms with Gasteiger partial charge < -0.3 is 15.8 Å². The number of fused-ring (bicyclic) bond motifs is 1. The maximum absolute atomic E-state index is 11.7. The summed E-state index contributed by atoms with van der Waals surface area (Å²) in [4.78, 5) is 11.7. The zero-order valence-corrected chi connectivity index (χ0v) is 11.4. The summed E-state index contributed by atoms with van der Waals surface area (Å²) >= 11 is 3.45. The predicted molar refractivity (Wildman–Crippen MR) is 70.0 cm³/mol. The molecule has 1 amide bonds. The second-order valence-corrected chi connectivity index (χ2v) is 5.15. The summed E-state index contributed by atoms with van der Waals surface area (Å²) < 4.78 is 5.99. The Hall–Kier alpha value is -0.910. The minimum absolute atomic E-state index is 0.0176. The van der Waals surface area contributed by atoms with Gasteiger partial charge in [-0.3, -0.25) is 4.79 Å². The third kappa shape index (κ3) is 2.22. The van der Waals surface area contributed by atoms with Crippen LogP contribution in [-0.4, -0.2) is 19.6 Å². The van der Waals surface area contributed by atoms with Gasteiger partial charge in [0.1, 0.15) is 0 Å². The summed E-state index contributed by atoms with van der Waals surface area (Å²) in [6.45, 7) is 2.31. The molecule has 3 N–H and O–H groups in total. The Morgan fingerprint density at radius 2 is 2.29 bits per heavy atom. The van der Waals surface area contributed by atoms with Crippen molar-refractivity contribution in [1.82, 2.24) is 0 Å². The number of halogens is 1. The lowest BCUT2D eigenvalue weighted by Gasteiger charge is -2.16. The van der Waals surface area contributed by atoms with E-state index in [2.05, 4.69) is 21.2 Å². The average Bonchev–Trinajstić information content (AvgIpc) is 2.55. The smallest absolute Gasteiger partial charge is 0.231 e. The zero-order valence-electron chi connectivity index (χ0n) is 9.79. The van der Waals surface area contributed by atoms with Crippen molar-refractivity contribution in [2.75, 3.05) is 19.0 Å². The SMILES string of the molecule is COCC(N)c1cc(Br)cc2c1NC(=O)C2C. The van der Waals surface area contributed by atoms with Crippen molar-refractivity contribution in [2.24, 2.45) is 5.73 Å². The van der Waals surface area contributed by atoms with E-state index in [0.29, 0.717) is 6.61 Å². The van der Waals surface area contributed by atoms with Crippen molar-refractivity contribution in [3.63, 3.8) is 0 Å². The molecule has 0 aromatic heterocycles. The van der Waals surface area contributed by atoms with Gasteiger partial charge in [0.15, 0.2) is 0 Å². The van der Waals surface area contributed by atoms with Crippen molar-refractivity contribution in [2.45, 2.75) is 18.9 Å². The fraction of sp³-hybridized carbons (Fsp3) is 0.417. The van der Waals surface area contributed by atoms with Crippen molar-refractivity contribution < 1.29 is 9.53 Å². The summed E-state index contributed by atoms with van der Waals surface area (Å²) in [7, 11) is 1.61. The number of ether oxygens (including phenoxy) is 1. The van der Waals surface area contributed by atoms with Gasteiger partial charge in [-0.25, -0.2) is 0 Å². The van der Waals surface area contributed by atoms with Crippen molar-refractivity contribution in [1.29, 1.82) is 0 Å². The van der Waals surface area contributed by atoms with E-state index in [1.54, 1.807) is 7.11 Å². The van der Waals surface area contributed by atoms with Gasteiger partial charge in [0.2, 0.25) is 5.91 Å². The number of nitrogens with one attached hydrogen (secondary N) is 1. The Morgan fingerprint density at radius 3 is 2.94 bits per heavy atom. The molecular formula is C12H15BrN2O2. The number of amides is 1. The van der Waals surface area contributed by atoms with Gasteiger partial charge >= 0.3 is 0 Å². The van der Waals surface area contributed by atoms with E-state index in [0.717, 1.165) is 21.3 Å². The first-order valence-corrected chi connectivity index (χ1v) is 6.22. The summed E-state index contributed by atoms with van der Waals surface area (Å²) in [5.74, 6) is -0.111. The number of nitrogens with two attached hydrogens (primary N) is 1. The molecule has 1 aliphatic heterocycles. The fourth-order valence-electron chi connectivity index (χ4n) is 2.07. The van der Waals surface area contributed by atoms with E-state index < -0.39 is 0 Å². The van der Waals surface area contributed by atoms with Crippen LogP contribution in [0.25, 0.3) is 0 Å². The molecule has 1 aliphatic rings. The highest BCUT2D eigenvalue weighted by Gasteiger charge is 2.30. The molecule has 4 nitrogen and oxygen atoms in total. The number of rotatable bonds is 3. The Kier molecular flexibility index (Phi) is 3.51. The molecule has 17 heavy (non-hydrogen) atoms. The van der Waals surface area contributed by atoms with Crippen LogP contribution in [0.4, 0.5) is 5.69 Å². The van der Waals surface area contributed by atoms with Gasteiger partial charge in [-0.1, -0.05) is 15.9 Å². The van der Waals surface area contributed by atoms with Crippen LogP contribution < -0.4 is 11.1 Å². The Bertz CT molecular complexity index is 462. The standard InChI is InChI=1S/C12H15BrN2O2/c1-6-8-3-7(13)4-9(10(14)5-17-2)11(8)15-12(6)16/h3-4,6,10H,5,14H2,1-2H3,(H,15,16). The monoisotopic (exact) mass is 298 g/mol. The number of anilines is 1. The van der Waals surface area contributed by atoms with Gasteiger partial charge in [-0.15, -0.1) is 0 Å². The van der Waals surface area contributed by atoms with Crippen molar-refractivity contribution in [3.05, 3.63) is 27.7 Å². The van der Waals surface area contributed by atoms with Crippen LogP contribution in [0.2, 0.25) is 0 Å². The minimum atomic E-state index is -0.239. The highest BCUT2D eigenvalue weighted by molar-refractivity contribution is 9.10. The van der Waals surface area contributed by atoms with Gasteiger partial charge in [0.25, 0.3) is 0 Å². The summed E-state index contributed by atoms with van der Waals surface area (Å²) in [6, 6.07) is 3.65. The normalized spacial score (nSPS) is 20.0. The van der Waals surface area contributed by atoms with Crippen LogP contribution in [0.3, 0.4) is 0 Å². The average molecular weight is 299 g/mol. The van der Waals surface area contributed by atoms with Crippen LogP contribution in [0, 0.1) is 0 Å². The van der Waals surface area contributed by atoms with Crippen LogP contribution >= 0.6 is 15.9 Å². The first-order valence-electron chi connectivity index (χ1n) is 5.43. The van der Waals surface area contributed by atoms with Crippen molar-refractivity contribution in [3.8, 4) is 0 Å². The first-order chi connectivity index (χ1) is 8.04. The van der Waals surface area contributed by atoms with Gasteiger partial charge in [-0.2, -0.15) is 0 Å². The molecule has 0 saturated heterocycles. The molecule has 0 fully saturated rings. The lowest BCUT2D eigenvalue weighted by molar-refractivity contribution is -0.116. The lowest BCUT2D eigenvalue weighted by Crippen LogP contribution is -2.18. The summed E-state index contributed by atoms with van der Waals surface area (Å²) in [5, 5.41) is 2.89. The molecule has 2 unspecified atom stereocenters. The molecule has 2 atom stereocenters. The molecule has 1 heterocycles. The quantitative estimate of drug-likeness (QED) is 0.899. The van der Waals surface area contributed by atoms with Crippen LogP contribution in [-0.2, 0) is 9.53 Å². The molecule has 0 aliphatic carbocycles. The highest BCUT2D eigenvalue weighted by Crippen LogP contribution is 2.39. The third-order valence-electron chi connectivity index (χ3n) is 3.02. The molecule has 0 spiro atoms. The fourth-order valence-corrected chi connectivity index (χ4v) is 2.56. The second-order valence-electron chi connectivity index (χ2n) is 4.23. The molecule has 2 rings (SSSR count). The third-order valence-corrected chi connectivity index (χ3v) is 3.48. The maximum Gasteiger partial charge on any atom is 0.231 e. The number of hydrogen-bond donors (Lipinski definition) is 2. The number of carbonyl (C=O) groups excluding carboxylic acids is 1. The predicted octanol–water partition coefficient (Wildman–Crippen LogP) is 2.15. The first kappa shape index (κ1) is 12.5. The van der Waals surface area contributed by atoms with E-state index in [1.807, 2.05) is 19.1 Å². The second kappa shape index (κ2) is 4.76. The number of benzene rings is 1. The molecule has 92 valence electrons. The molecule has 5 heteroatoms. The Labute approximate surface area is 109 Å². The Balaban J connectivity index is 2.48. The van der Waals surface area contributed by atoms with Gasteiger partial charge in [-0.05, 0) is 30.2 Å². The van der Waals surface area contributed by atoms with Crippen LogP contribution in [0.1, 0.15) is 30.0 Å². The van der Waals surface area contributed by atoms with E-state index in [1.165, 1.54) is 0 Å². The van der Waals surface area contributed by atoms with Gasteiger partial charge in [0, 0.05) is 17.3 Å². The Morgan fingerprint density at radius 1 is 1.59 bits per heavy atom. The number of methoxy groups -OCH3 is 1. The molecule has 1 aromatic carbocycles. The van der Waals surface area contributed by atoms with E-state index in [4.69, 9.17) is 10.5 Å².